The van der Waals surface area contributed by atoms with Crippen molar-refractivity contribution in [2.75, 3.05) is 5.32 Å². The Kier molecular flexibility index (Phi) is 13.4. The van der Waals surface area contributed by atoms with Crippen LogP contribution in [0, 0.1) is 5.92 Å². The van der Waals surface area contributed by atoms with Gasteiger partial charge >= 0.3 is 0 Å². The quantitative estimate of drug-likeness (QED) is 0.526. The van der Waals surface area contributed by atoms with Gasteiger partial charge in [0.05, 0.1) is 0 Å². The third-order valence-corrected chi connectivity index (χ3v) is 4.33. The zero-order valence-electron chi connectivity index (χ0n) is 20.1. The van der Waals surface area contributed by atoms with Gasteiger partial charge in [-0.3, -0.25) is 0 Å². The van der Waals surface area contributed by atoms with Crippen LogP contribution in [0.5, 0.6) is 0 Å². The summed E-state index contributed by atoms with van der Waals surface area (Å²) in [7, 11) is 0. The molecule has 0 aliphatic carbocycles. The van der Waals surface area contributed by atoms with Crippen molar-refractivity contribution in [2.45, 2.75) is 93.5 Å². The standard InChI is InChI=1S/C13H20.C12H19N.C2H6/c1-10(2)9-12-7-5-6-8-13(12)11(3)4;1-9(2)11-7-5-6-8-12(11)13-10(3)4;1-2/h5-8,10-11H,9H2,1-4H3;5-10,13H,1-4H3;1-2H3. The maximum Gasteiger partial charge on any atom is 0.0377 e. The van der Waals surface area contributed by atoms with Gasteiger partial charge in [0.15, 0.2) is 0 Å². The van der Waals surface area contributed by atoms with Crippen LogP contribution >= 0.6 is 0 Å². The molecule has 0 atom stereocenters. The Hall–Kier alpha value is -1.76. The third kappa shape index (κ3) is 9.97. The molecular formula is C27H45N. The molecule has 28 heavy (non-hydrogen) atoms. The zero-order valence-corrected chi connectivity index (χ0v) is 20.1. The van der Waals surface area contributed by atoms with Crippen molar-refractivity contribution in [3.8, 4) is 0 Å². The molecule has 0 aliphatic heterocycles. The molecule has 0 radical (unpaired) electrons. The molecule has 0 amide bonds. The molecule has 0 fully saturated rings. The van der Waals surface area contributed by atoms with E-state index in [1.165, 1.54) is 28.8 Å². The normalized spacial score (nSPS) is 10.5. The second-order valence-corrected chi connectivity index (χ2v) is 8.49. The molecule has 0 aromatic heterocycles. The molecule has 0 bridgehead atoms. The fraction of sp³-hybridized carbons (Fsp3) is 0.556. The van der Waals surface area contributed by atoms with Crippen LogP contribution in [-0.2, 0) is 6.42 Å². The number of hydrogen-bond donors (Lipinski definition) is 1. The maximum absolute atomic E-state index is 3.45. The van der Waals surface area contributed by atoms with Crippen molar-refractivity contribution >= 4 is 5.69 Å². The van der Waals surface area contributed by atoms with Crippen molar-refractivity contribution < 1.29 is 0 Å². The SMILES string of the molecule is CC.CC(C)Cc1ccccc1C(C)C.CC(C)Nc1ccccc1C(C)C. The van der Waals surface area contributed by atoms with Crippen molar-refractivity contribution in [1.29, 1.82) is 0 Å². The van der Waals surface area contributed by atoms with E-state index in [2.05, 4.69) is 109 Å². The van der Waals surface area contributed by atoms with Gasteiger partial charge in [0.1, 0.15) is 0 Å². The minimum atomic E-state index is 0.500. The number of hydrogen-bond acceptors (Lipinski definition) is 1. The van der Waals surface area contributed by atoms with Gasteiger partial charge in [-0.1, -0.05) is 97.9 Å². The predicted molar refractivity (Wildman–Crippen MR) is 130 cm³/mol. The van der Waals surface area contributed by atoms with Crippen LogP contribution < -0.4 is 5.32 Å². The molecule has 2 rings (SSSR count). The lowest BCUT2D eigenvalue weighted by atomic mass is 9.92. The van der Waals surface area contributed by atoms with Crippen molar-refractivity contribution in [2.24, 2.45) is 5.92 Å². The highest BCUT2D eigenvalue weighted by Gasteiger charge is 2.07. The number of rotatable bonds is 6. The topological polar surface area (TPSA) is 12.0 Å². The average molecular weight is 384 g/mol. The number of para-hydroxylation sites is 1. The molecular weight excluding hydrogens is 338 g/mol. The number of anilines is 1. The summed E-state index contributed by atoms with van der Waals surface area (Å²) >= 11 is 0. The summed E-state index contributed by atoms with van der Waals surface area (Å²) in [6, 6.07) is 17.8. The number of nitrogens with one attached hydrogen (secondary N) is 1. The van der Waals surface area contributed by atoms with Crippen molar-refractivity contribution in [1.82, 2.24) is 0 Å². The minimum absolute atomic E-state index is 0.500. The summed E-state index contributed by atoms with van der Waals surface area (Å²) in [5.74, 6) is 1.98. The lowest BCUT2D eigenvalue weighted by Gasteiger charge is -2.16. The molecule has 0 spiro atoms. The third-order valence-electron chi connectivity index (χ3n) is 4.33. The number of benzene rings is 2. The van der Waals surface area contributed by atoms with E-state index >= 15 is 0 Å². The Morgan fingerprint density at radius 2 is 1.11 bits per heavy atom. The van der Waals surface area contributed by atoms with Crippen molar-refractivity contribution in [3.63, 3.8) is 0 Å². The molecule has 0 saturated heterocycles. The first-order chi connectivity index (χ1) is 13.2. The highest BCUT2D eigenvalue weighted by Crippen LogP contribution is 2.24. The Bertz CT molecular complexity index is 581. The van der Waals surface area contributed by atoms with E-state index in [0.29, 0.717) is 17.9 Å². The van der Waals surface area contributed by atoms with Gasteiger partial charge in [0, 0.05) is 11.7 Å². The largest absolute Gasteiger partial charge is 0.383 e. The summed E-state index contributed by atoms with van der Waals surface area (Å²) in [6.07, 6.45) is 1.20. The maximum atomic E-state index is 3.45. The first kappa shape index (κ1) is 26.2. The van der Waals surface area contributed by atoms with E-state index in [4.69, 9.17) is 0 Å². The summed E-state index contributed by atoms with van der Waals surface area (Å²) < 4.78 is 0. The lowest BCUT2D eigenvalue weighted by Crippen LogP contribution is -2.11. The molecule has 1 nitrogen and oxygen atoms in total. The Morgan fingerprint density at radius 3 is 1.57 bits per heavy atom. The highest BCUT2D eigenvalue weighted by atomic mass is 14.9. The summed E-state index contributed by atoms with van der Waals surface area (Å²) in [6.45, 7) is 21.8. The Labute approximate surface area is 176 Å². The van der Waals surface area contributed by atoms with Crippen molar-refractivity contribution in [3.05, 3.63) is 65.2 Å². The van der Waals surface area contributed by atoms with E-state index < -0.39 is 0 Å². The van der Waals surface area contributed by atoms with E-state index in [9.17, 15) is 0 Å². The van der Waals surface area contributed by atoms with Gasteiger partial charge in [-0.25, -0.2) is 0 Å². The molecule has 2 aromatic rings. The molecule has 2 aromatic carbocycles. The van der Waals surface area contributed by atoms with Crippen LogP contribution in [0.25, 0.3) is 0 Å². The lowest BCUT2D eigenvalue weighted by molar-refractivity contribution is 0.638. The average Bonchev–Trinajstić information content (AvgIpc) is 2.63. The smallest absolute Gasteiger partial charge is 0.0377 e. The van der Waals surface area contributed by atoms with Gasteiger partial charge in [0.2, 0.25) is 0 Å². The minimum Gasteiger partial charge on any atom is -0.383 e. The monoisotopic (exact) mass is 383 g/mol. The van der Waals surface area contributed by atoms with Crippen LogP contribution in [0.2, 0.25) is 0 Å². The van der Waals surface area contributed by atoms with Crippen LogP contribution in [0.15, 0.2) is 48.5 Å². The van der Waals surface area contributed by atoms with Gasteiger partial charge in [0.25, 0.3) is 0 Å². The molecule has 1 N–H and O–H groups in total. The van der Waals surface area contributed by atoms with Gasteiger partial charge in [-0.15, -0.1) is 0 Å². The van der Waals surface area contributed by atoms with E-state index in [0.717, 1.165) is 5.92 Å². The first-order valence-corrected chi connectivity index (χ1v) is 11.2. The van der Waals surface area contributed by atoms with E-state index in [1.54, 1.807) is 0 Å². The van der Waals surface area contributed by atoms with Crippen LogP contribution in [0.1, 0.15) is 97.8 Å². The van der Waals surface area contributed by atoms with Crippen LogP contribution in [-0.4, -0.2) is 6.04 Å². The van der Waals surface area contributed by atoms with Crippen LogP contribution in [0.4, 0.5) is 5.69 Å². The first-order valence-electron chi connectivity index (χ1n) is 11.2. The van der Waals surface area contributed by atoms with E-state index in [1.807, 2.05) is 13.8 Å². The van der Waals surface area contributed by atoms with Gasteiger partial charge < -0.3 is 5.32 Å². The van der Waals surface area contributed by atoms with Gasteiger partial charge in [-0.2, -0.15) is 0 Å². The Balaban J connectivity index is 0.000000478. The second kappa shape index (κ2) is 14.3. The zero-order chi connectivity index (χ0) is 21.7. The molecule has 0 aliphatic rings. The molecule has 0 unspecified atom stereocenters. The fourth-order valence-electron chi connectivity index (χ4n) is 3.17. The summed E-state index contributed by atoms with van der Waals surface area (Å²) in [5, 5.41) is 3.45. The molecule has 0 saturated carbocycles. The highest BCUT2D eigenvalue weighted by molar-refractivity contribution is 5.52. The van der Waals surface area contributed by atoms with E-state index in [-0.39, 0.29) is 0 Å². The fourth-order valence-corrected chi connectivity index (χ4v) is 3.17. The van der Waals surface area contributed by atoms with Gasteiger partial charge in [-0.05, 0) is 60.8 Å². The predicted octanol–water partition coefficient (Wildman–Crippen LogP) is 8.67. The second-order valence-electron chi connectivity index (χ2n) is 8.49. The Morgan fingerprint density at radius 1 is 0.643 bits per heavy atom. The van der Waals surface area contributed by atoms with Crippen LogP contribution in [0.3, 0.4) is 0 Å². The summed E-state index contributed by atoms with van der Waals surface area (Å²) in [5.41, 5.74) is 5.70. The molecule has 0 heterocycles. The molecule has 1 heteroatoms. The summed E-state index contributed by atoms with van der Waals surface area (Å²) in [4.78, 5) is 0. The molecule has 158 valence electrons.